The van der Waals surface area contributed by atoms with Gasteiger partial charge in [-0.25, -0.2) is 9.89 Å². The van der Waals surface area contributed by atoms with Crippen LogP contribution in [0.3, 0.4) is 0 Å². The monoisotopic (exact) mass is 199 g/mol. The number of carboxylic acid groups (broad SMARTS) is 1. The molecule has 0 radical (unpaired) electrons. The van der Waals surface area contributed by atoms with Crippen LogP contribution in [0.5, 0.6) is 0 Å². The summed E-state index contributed by atoms with van der Waals surface area (Å²) >= 11 is 0. The fraction of sp³-hybridized carbons (Fsp3) is 0.333. The molecule has 1 rings (SSSR count). The molecule has 0 amide bonds. The van der Waals surface area contributed by atoms with Crippen molar-refractivity contribution < 1.29 is 9.90 Å². The predicted molar refractivity (Wildman–Crippen MR) is 43.6 cm³/mol. The van der Waals surface area contributed by atoms with Crippen molar-refractivity contribution in [3.63, 3.8) is 0 Å². The van der Waals surface area contributed by atoms with Gasteiger partial charge in [0.1, 0.15) is 0 Å². The Hall–Kier alpha value is -2.12. The van der Waals surface area contributed by atoms with E-state index in [4.69, 9.17) is 0 Å². The summed E-state index contributed by atoms with van der Waals surface area (Å²) in [5.41, 5.74) is -1.55. The van der Waals surface area contributed by atoms with Gasteiger partial charge < -0.3 is 15.2 Å². The van der Waals surface area contributed by atoms with E-state index < -0.39 is 23.3 Å². The smallest absolute Gasteiger partial charge is 0.342 e. The highest BCUT2D eigenvalue weighted by Gasteiger charge is 2.06. The van der Waals surface area contributed by atoms with Crippen LogP contribution in [0.4, 0.5) is 5.82 Å². The Bertz CT molecular complexity index is 448. The molecular formula is C6H7N4O4-. The minimum atomic E-state index is -1.38. The third-order valence-electron chi connectivity index (χ3n) is 1.42. The number of hydrogen-bond donors (Lipinski definition) is 3. The minimum absolute atomic E-state index is 0.277. The lowest BCUT2D eigenvalue weighted by Gasteiger charge is -2.13. The van der Waals surface area contributed by atoms with Crippen molar-refractivity contribution in [3.8, 4) is 0 Å². The maximum atomic E-state index is 11.0. The number of carbonyl (C=O) groups excluding carboxylic acids is 1. The SMILES string of the molecule is C[C@H](Nc1n[nH]c(=O)[nH]c1=O)C(=O)[O-]. The number of carbonyl (C=O) groups is 1. The third-order valence-corrected chi connectivity index (χ3v) is 1.42. The van der Waals surface area contributed by atoms with Gasteiger partial charge in [0.2, 0.25) is 5.82 Å². The van der Waals surface area contributed by atoms with Crippen LogP contribution in [0.15, 0.2) is 9.59 Å². The molecule has 14 heavy (non-hydrogen) atoms. The van der Waals surface area contributed by atoms with Crippen molar-refractivity contribution in [3.05, 3.63) is 20.8 Å². The second-order valence-corrected chi connectivity index (χ2v) is 2.54. The lowest BCUT2D eigenvalue weighted by molar-refractivity contribution is -0.306. The molecule has 8 nitrogen and oxygen atoms in total. The van der Waals surface area contributed by atoms with E-state index in [1.165, 1.54) is 6.92 Å². The zero-order chi connectivity index (χ0) is 10.7. The molecule has 0 aliphatic carbocycles. The van der Waals surface area contributed by atoms with E-state index in [9.17, 15) is 19.5 Å². The molecular weight excluding hydrogens is 192 g/mol. The molecule has 0 fully saturated rings. The third kappa shape index (κ3) is 2.19. The first-order chi connectivity index (χ1) is 6.50. The second-order valence-electron chi connectivity index (χ2n) is 2.54. The van der Waals surface area contributed by atoms with Crippen LogP contribution in [0.2, 0.25) is 0 Å². The molecule has 8 heteroatoms. The minimum Gasteiger partial charge on any atom is -0.548 e. The number of nitrogens with zero attached hydrogens (tertiary/aromatic N) is 1. The zero-order valence-corrected chi connectivity index (χ0v) is 7.16. The Morgan fingerprint density at radius 1 is 1.57 bits per heavy atom. The van der Waals surface area contributed by atoms with E-state index in [0.717, 1.165) is 0 Å². The summed E-state index contributed by atoms with van der Waals surface area (Å²) < 4.78 is 0. The molecule has 0 aliphatic rings. The molecule has 0 aromatic carbocycles. The average molecular weight is 199 g/mol. The van der Waals surface area contributed by atoms with Crippen LogP contribution in [0.25, 0.3) is 0 Å². The summed E-state index contributed by atoms with van der Waals surface area (Å²) in [6, 6.07) is -1.07. The quantitative estimate of drug-likeness (QED) is 0.475. The molecule has 1 aromatic rings. The van der Waals surface area contributed by atoms with Gasteiger partial charge in [-0.1, -0.05) is 0 Å². The van der Waals surface area contributed by atoms with Crippen LogP contribution >= 0.6 is 0 Å². The molecule has 1 aromatic heterocycles. The molecule has 3 N–H and O–H groups in total. The van der Waals surface area contributed by atoms with Gasteiger partial charge in [-0.05, 0) is 6.92 Å². The topological polar surface area (TPSA) is 131 Å². The summed E-state index contributed by atoms with van der Waals surface area (Å²) in [5.74, 6) is -1.65. The largest absolute Gasteiger partial charge is 0.548 e. The summed E-state index contributed by atoms with van der Waals surface area (Å²) in [4.78, 5) is 33.7. The number of aromatic nitrogens is 3. The Kier molecular flexibility index (Phi) is 2.65. The van der Waals surface area contributed by atoms with Crippen LogP contribution in [-0.2, 0) is 4.79 Å². The number of anilines is 1. The van der Waals surface area contributed by atoms with E-state index in [-0.39, 0.29) is 5.82 Å². The molecule has 0 unspecified atom stereocenters. The first kappa shape index (κ1) is 9.96. The Morgan fingerprint density at radius 2 is 2.21 bits per heavy atom. The average Bonchev–Trinajstić information content (AvgIpc) is 2.09. The van der Waals surface area contributed by atoms with Crippen molar-refractivity contribution in [2.24, 2.45) is 0 Å². The van der Waals surface area contributed by atoms with E-state index >= 15 is 0 Å². The molecule has 0 aliphatic heterocycles. The standard InChI is InChI=1S/C6H8N4O4/c1-2(5(12)13)7-3-4(11)8-6(14)10-9-3/h2H,1H3,(H,7,9)(H,12,13)(H2,8,10,11,14)/p-1/t2-/m0/s1. The van der Waals surface area contributed by atoms with E-state index in [1.807, 2.05) is 10.1 Å². The lowest BCUT2D eigenvalue weighted by Crippen LogP contribution is -2.41. The van der Waals surface area contributed by atoms with Crippen molar-refractivity contribution in [2.45, 2.75) is 13.0 Å². The van der Waals surface area contributed by atoms with Crippen LogP contribution in [-0.4, -0.2) is 27.2 Å². The first-order valence-electron chi connectivity index (χ1n) is 3.67. The highest BCUT2D eigenvalue weighted by Crippen LogP contribution is 1.91. The number of carboxylic acids is 1. The maximum absolute atomic E-state index is 11.0. The molecule has 0 bridgehead atoms. The first-order valence-corrected chi connectivity index (χ1v) is 3.67. The van der Waals surface area contributed by atoms with Crippen LogP contribution in [0, 0.1) is 0 Å². The predicted octanol–water partition coefficient (Wildman–Crippen LogP) is -2.99. The molecule has 0 spiro atoms. The van der Waals surface area contributed by atoms with E-state index in [2.05, 4.69) is 10.4 Å². The van der Waals surface area contributed by atoms with E-state index in [1.54, 1.807) is 0 Å². The second kappa shape index (κ2) is 3.73. The highest BCUT2D eigenvalue weighted by atomic mass is 16.4. The Morgan fingerprint density at radius 3 is 2.71 bits per heavy atom. The van der Waals surface area contributed by atoms with Gasteiger partial charge in [0, 0.05) is 0 Å². The number of hydrogen-bond acceptors (Lipinski definition) is 6. The van der Waals surface area contributed by atoms with Crippen LogP contribution < -0.4 is 21.7 Å². The Balaban J connectivity index is 2.93. The number of aromatic amines is 2. The molecule has 1 heterocycles. The molecule has 0 saturated carbocycles. The van der Waals surface area contributed by atoms with Gasteiger partial charge in [-0.3, -0.25) is 9.78 Å². The van der Waals surface area contributed by atoms with Crippen LogP contribution in [0.1, 0.15) is 6.92 Å². The van der Waals surface area contributed by atoms with E-state index in [0.29, 0.717) is 0 Å². The maximum Gasteiger partial charge on any atom is 0.342 e. The number of H-pyrrole nitrogens is 2. The van der Waals surface area contributed by atoms with Crippen molar-refractivity contribution >= 4 is 11.8 Å². The van der Waals surface area contributed by atoms with Crippen molar-refractivity contribution in [2.75, 3.05) is 5.32 Å². The van der Waals surface area contributed by atoms with Crippen molar-refractivity contribution in [1.82, 2.24) is 15.2 Å². The fourth-order valence-corrected chi connectivity index (χ4v) is 0.710. The number of aliphatic carboxylic acids is 1. The fourth-order valence-electron chi connectivity index (χ4n) is 0.710. The van der Waals surface area contributed by atoms with Gasteiger partial charge in [-0.2, -0.15) is 0 Å². The summed E-state index contributed by atoms with van der Waals surface area (Å²) in [6.07, 6.45) is 0. The van der Waals surface area contributed by atoms with Gasteiger partial charge >= 0.3 is 5.69 Å². The molecule has 76 valence electrons. The highest BCUT2D eigenvalue weighted by molar-refractivity contribution is 5.73. The lowest BCUT2D eigenvalue weighted by atomic mass is 10.3. The summed E-state index contributed by atoms with van der Waals surface area (Å²) in [7, 11) is 0. The number of nitrogens with one attached hydrogen (secondary N) is 3. The number of rotatable bonds is 3. The normalized spacial score (nSPS) is 12.1. The van der Waals surface area contributed by atoms with Gasteiger partial charge in [0.15, 0.2) is 0 Å². The summed E-state index contributed by atoms with van der Waals surface area (Å²) in [6.45, 7) is 1.28. The zero-order valence-electron chi connectivity index (χ0n) is 7.16. The van der Waals surface area contributed by atoms with Gasteiger partial charge in [-0.15, -0.1) is 5.10 Å². The van der Waals surface area contributed by atoms with Crippen molar-refractivity contribution in [1.29, 1.82) is 0 Å². The summed E-state index contributed by atoms with van der Waals surface area (Å²) in [5, 5.41) is 17.8. The van der Waals surface area contributed by atoms with Gasteiger partial charge in [0.25, 0.3) is 5.56 Å². The molecule has 1 atom stereocenters. The van der Waals surface area contributed by atoms with Gasteiger partial charge in [0.05, 0.1) is 12.0 Å². The Labute approximate surface area is 77.0 Å². The molecule has 0 saturated heterocycles.